The first-order chi connectivity index (χ1) is 7.51. The smallest absolute Gasteiger partial charge is 0.313 e. The van der Waals surface area contributed by atoms with Crippen LogP contribution >= 0.6 is 0 Å². The fourth-order valence-electron chi connectivity index (χ4n) is 2.05. The Morgan fingerprint density at radius 1 is 1.38 bits per heavy atom. The SMILES string of the molecule is CC(C)(C(=O)O)c1cccc(C2CCC2)c1. The van der Waals surface area contributed by atoms with Crippen LogP contribution in [0.1, 0.15) is 50.2 Å². The second kappa shape index (κ2) is 3.93. The molecule has 0 radical (unpaired) electrons. The molecule has 16 heavy (non-hydrogen) atoms. The summed E-state index contributed by atoms with van der Waals surface area (Å²) in [4.78, 5) is 11.2. The van der Waals surface area contributed by atoms with Gasteiger partial charge >= 0.3 is 5.97 Å². The summed E-state index contributed by atoms with van der Waals surface area (Å²) in [5.74, 6) is -0.109. The molecule has 2 rings (SSSR count). The molecule has 0 bridgehead atoms. The summed E-state index contributed by atoms with van der Waals surface area (Å²) in [5, 5.41) is 9.20. The van der Waals surface area contributed by atoms with Gasteiger partial charge in [-0.1, -0.05) is 30.7 Å². The van der Waals surface area contributed by atoms with Crippen molar-refractivity contribution in [1.29, 1.82) is 0 Å². The molecule has 0 unspecified atom stereocenters. The summed E-state index contributed by atoms with van der Waals surface area (Å²) >= 11 is 0. The van der Waals surface area contributed by atoms with Gasteiger partial charge in [-0.15, -0.1) is 0 Å². The van der Waals surface area contributed by atoms with Crippen LogP contribution < -0.4 is 0 Å². The number of hydrogen-bond acceptors (Lipinski definition) is 1. The summed E-state index contributed by atoms with van der Waals surface area (Å²) in [6.45, 7) is 3.52. The Hall–Kier alpha value is -1.31. The van der Waals surface area contributed by atoms with Gasteiger partial charge in [0.25, 0.3) is 0 Å². The summed E-state index contributed by atoms with van der Waals surface area (Å²) in [6, 6.07) is 8.08. The summed E-state index contributed by atoms with van der Waals surface area (Å²) < 4.78 is 0. The monoisotopic (exact) mass is 218 g/mol. The van der Waals surface area contributed by atoms with Gasteiger partial charge in [0, 0.05) is 0 Å². The largest absolute Gasteiger partial charge is 0.481 e. The van der Waals surface area contributed by atoms with E-state index in [1.54, 1.807) is 13.8 Å². The lowest BCUT2D eigenvalue weighted by Crippen LogP contribution is -2.28. The van der Waals surface area contributed by atoms with Gasteiger partial charge in [-0.25, -0.2) is 0 Å². The number of hydrogen-bond donors (Lipinski definition) is 1. The molecule has 1 fully saturated rings. The van der Waals surface area contributed by atoms with Gasteiger partial charge in [0.2, 0.25) is 0 Å². The lowest BCUT2D eigenvalue weighted by atomic mass is 9.77. The Balaban J connectivity index is 2.31. The molecule has 0 spiro atoms. The van der Waals surface area contributed by atoms with Crippen molar-refractivity contribution in [2.24, 2.45) is 0 Å². The molecule has 1 aliphatic rings. The van der Waals surface area contributed by atoms with Crippen molar-refractivity contribution in [2.75, 3.05) is 0 Å². The highest BCUT2D eigenvalue weighted by molar-refractivity contribution is 5.80. The van der Waals surface area contributed by atoms with Crippen molar-refractivity contribution < 1.29 is 9.90 Å². The Morgan fingerprint density at radius 2 is 2.06 bits per heavy atom. The number of rotatable bonds is 3. The molecule has 0 atom stereocenters. The highest BCUT2D eigenvalue weighted by Gasteiger charge is 2.30. The third-order valence-electron chi connectivity index (χ3n) is 3.72. The van der Waals surface area contributed by atoms with Gasteiger partial charge < -0.3 is 5.11 Å². The molecule has 1 aromatic carbocycles. The van der Waals surface area contributed by atoms with Crippen LogP contribution in [0, 0.1) is 0 Å². The third kappa shape index (κ3) is 1.84. The zero-order valence-corrected chi connectivity index (χ0v) is 9.86. The number of benzene rings is 1. The van der Waals surface area contributed by atoms with E-state index in [9.17, 15) is 9.90 Å². The number of carboxylic acids is 1. The molecule has 1 aromatic rings. The van der Waals surface area contributed by atoms with Crippen LogP contribution in [0.3, 0.4) is 0 Å². The summed E-state index contributed by atoms with van der Waals surface area (Å²) in [7, 11) is 0. The standard InChI is InChI=1S/C14H18O2/c1-14(2,13(15)16)12-8-4-7-11(9-12)10-5-3-6-10/h4,7-10H,3,5-6H2,1-2H3,(H,15,16). The third-order valence-corrected chi connectivity index (χ3v) is 3.72. The van der Waals surface area contributed by atoms with Crippen molar-refractivity contribution in [1.82, 2.24) is 0 Å². The minimum absolute atomic E-state index is 0.657. The lowest BCUT2D eigenvalue weighted by Gasteiger charge is -2.28. The molecule has 0 aliphatic heterocycles. The molecular weight excluding hydrogens is 200 g/mol. The predicted molar refractivity (Wildman–Crippen MR) is 63.7 cm³/mol. The first-order valence-corrected chi connectivity index (χ1v) is 5.85. The normalized spacial score (nSPS) is 16.9. The number of carboxylic acid groups (broad SMARTS) is 1. The van der Waals surface area contributed by atoms with Crippen LogP contribution in [0.5, 0.6) is 0 Å². The average Bonchev–Trinajstić information content (AvgIpc) is 2.15. The van der Waals surface area contributed by atoms with Gasteiger partial charge in [0.1, 0.15) is 0 Å². The molecule has 2 heteroatoms. The van der Waals surface area contributed by atoms with Gasteiger partial charge in [0.15, 0.2) is 0 Å². The maximum absolute atomic E-state index is 11.2. The van der Waals surface area contributed by atoms with Gasteiger partial charge in [-0.3, -0.25) is 4.79 Å². The average molecular weight is 218 g/mol. The van der Waals surface area contributed by atoms with E-state index >= 15 is 0 Å². The highest BCUT2D eigenvalue weighted by Crippen LogP contribution is 2.37. The first kappa shape index (κ1) is 11.2. The Morgan fingerprint density at radius 3 is 2.56 bits per heavy atom. The summed E-state index contributed by atoms with van der Waals surface area (Å²) in [5.41, 5.74) is 1.42. The Labute approximate surface area is 96.3 Å². The minimum atomic E-state index is -0.792. The Bertz CT molecular complexity index is 403. The number of carbonyl (C=O) groups is 1. The van der Waals surface area contributed by atoms with E-state index in [0.29, 0.717) is 5.92 Å². The van der Waals surface area contributed by atoms with Crippen molar-refractivity contribution in [3.63, 3.8) is 0 Å². The van der Waals surface area contributed by atoms with Gasteiger partial charge in [0.05, 0.1) is 5.41 Å². The fourth-order valence-corrected chi connectivity index (χ4v) is 2.05. The molecule has 1 saturated carbocycles. The molecule has 0 saturated heterocycles. The quantitative estimate of drug-likeness (QED) is 0.845. The van der Waals surface area contributed by atoms with Crippen LogP contribution in [-0.2, 0) is 10.2 Å². The zero-order valence-electron chi connectivity index (χ0n) is 9.86. The first-order valence-electron chi connectivity index (χ1n) is 5.85. The van der Waals surface area contributed by atoms with E-state index in [2.05, 4.69) is 12.1 Å². The van der Waals surface area contributed by atoms with E-state index in [-0.39, 0.29) is 0 Å². The fraction of sp³-hybridized carbons (Fsp3) is 0.500. The second-order valence-electron chi connectivity index (χ2n) is 5.18. The van der Waals surface area contributed by atoms with Crippen LogP contribution in [0.15, 0.2) is 24.3 Å². The van der Waals surface area contributed by atoms with Crippen molar-refractivity contribution >= 4 is 5.97 Å². The molecule has 1 aliphatic carbocycles. The topological polar surface area (TPSA) is 37.3 Å². The van der Waals surface area contributed by atoms with Crippen molar-refractivity contribution in [3.05, 3.63) is 35.4 Å². The minimum Gasteiger partial charge on any atom is -0.481 e. The van der Waals surface area contributed by atoms with Crippen molar-refractivity contribution in [3.8, 4) is 0 Å². The van der Waals surface area contributed by atoms with E-state index in [1.165, 1.54) is 24.8 Å². The maximum atomic E-state index is 11.2. The van der Waals surface area contributed by atoms with Crippen LogP contribution in [0.2, 0.25) is 0 Å². The molecule has 0 amide bonds. The Kier molecular flexibility index (Phi) is 2.75. The summed E-state index contributed by atoms with van der Waals surface area (Å²) in [6.07, 6.45) is 3.80. The maximum Gasteiger partial charge on any atom is 0.313 e. The molecule has 0 heterocycles. The molecule has 0 aromatic heterocycles. The van der Waals surface area contributed by atoms with Gasteiger partial charge in [-0.2, -0.15) is 0 Å². The lowest BCUT2D eigenvalue weighted by molar-refractivity contribution is -0.142. The van der Waals surface area contributed by atoms with E-state index in [0.717, 1.165) is 5.56 Å². The van der Waals surface area contributed by atoms with Crippen molar-refractivity contribution in [2.45, 2.75) is 44.4 Å². The molecule has 2 nitrogen and oxygen atoms in total. The second-order valence-corrected chi connectivity index (χ2v) is 5.18. The van der Waals surface area contributed by atoms with Crippen LogP contribution in [0.4, 0.5) is 0 Å². The van der Waals surface area contributed by atoms with Crippen LogP contribution in [0.25, 0.3) is 0 Å². The highest BCUT2D eigenvalue weighted by atomic mass is 16.4. The zero-order chi connectivity index (χ0) is 11.8. The predicted octanol–water partition coefficient (Wildman–Crippen LogP) is 3.32. The van der Waals surface area contributed by atoms with Gasteiger partial charge in [-0.05, 0) is 43.7 Å². The van der Waals surface area contributed by atoms with E-state index in [1.807, 2.05) is 12.1 Å². The van der Waals surface area contributed by atoms with E-state index < -0.39 is 11.4 Å². The van der Waals surface area contributed by atoms with E-state index in [4.69, 9.17) is 0 Å². The van der Waals surface area contributed by atoms with Crippen LogP contribution in [-0.4, -0.2) is 11.1 Å². The molecular formula is C14H18O2. The molecule has 86 valence electrons. The molecule has 1 N–H and O–H groups in total. The number of aliphatic carboxylic acids is 1.